The third-order valence-corrected chi connectivity index (χ3v) is 10.1. The number of fused-ring (bicyclic) bond motifs is 5. The Hall–Kier alpha value is -1.27. The minimum atomic E-state index is -1.58. The molecule has 0 bridgehead atoms. The predicted octanol–water partition coefficient (Wildman–Crippen LogP) is 4.20. The van der Waals surface area contributed by atoms with E-state index >= 15 is 0 Å². The molecular weight excluding hydrogens is 440 g/mol. The monoisotopic (exact) mass is 476 g/mol. The summed E-state index contributed by atoms with van der Waals surface area (Å²) >= 11 is 5.54. The molecule has 4 saturated carbocycles. The Labute approximate surface area is 201 Å². The van der Waals surface area contributed by atoms with Gasteiger partial charge in [0.1, 0.15) is 18.0 Å². The smallest absolute Gasteiger partial charge is 0.190 e. The number of rotatable bonds is 2. The summed E-state index contributed by atoms with van der Waals surface area (Å²) in [5.74, 6) is 0.380. The van der Waals surface area contributed by atoms with Gasteiger partial charge in [-0.3, -0.25) is 9.59 Å². The Kier molecular flexibility index (Phi) is 6.83. The van der Waals surface area contributed by atoms with Crippen molar-refractivity contribution >= 4 is 23.2 Å². The highest BCUT2D eigenvalue weighted by molar-refractivity contribution is 6.30. The lowest BCUT2D eigenvalue weighted by atomic mass is 9.44. The molecule has 4 fully saturated rings. The molecule has 1 aromatic carbocycles. The Morgan fingerprint density at radius 1 is 1.09 bits per heavy atom. The van der Waals surface area contributed by atoms with Crippen LogP contribution in [0, 0.1) is 34.5 Å². The summed E-state index contributed by atoms with van der Waals surface area (Å²) in [7, 11) is 0. The average molecular weight is 477 g/mol. The predicted molar refractivity (Wildman–Crippen MR) is 127 cm³/mol. The number of hydrogen-bond donors (Lipinski definition) is 3. The van der Waals surface area contributed by atoms with E-state index < -0.39 is 23.4 Å². The van der Waals surface area contributed by atoms with Gasteiger partial charge in [-0.25, -0.2) is 0 Å². The molecule has 0 unspecified atom stereocenters. The van der Waals surface area contributed by atoms with Gasteiger partial charge in [-0.1, -0.05) is 43.6 Å². The van der Waals surface area contributed by atoms with E-state index in [1.54, 1.807) is 0 Å². The third kappa shape index (κ3) is 3.99. The van der Waals surface area contributed by atoms with Crippen LogP contribution in [0.15, 0.2) is 30.3 Å². The molecule has 3 N–H and O–H groups in total. The Morgan fingerprint density at radius 3 is 2.39 bits per heavy atom. The molecule has 182 valence electrons. The molecule has 0 aliphatic heterocycles. The minimum absolute atomic E-state index is 0.0154. The second-order valence-electron chi connectivity index (χ2n) is 11.3. The summed E-state index contributed by atoms with van der Waals surface area (Å²) in [5.41, 5.74) is -2.40. The fourth-order valence-corrected chi connectivity index (χ4v) is 8.20. The molecule has 6 heteroatoms. The quantitative estimate of drug-likeness (QED) is 0.594. The molecule has 8 atom stereocenters. The molecule has 0 amide bonds. The molecule has 0 spiro atoms. The normalized spacial score (nSPS) is 44.1. The maximum Gasteiger partial charge on any atom is 0.190 e. The average Bonchev–Trinajstić information content (AvgIpc) is 3.05. The van der Waals surface area contributed by atoms with Crippen molar-refractivity contribution in [3.05, 3.63) is 35.4 Å². The number of aliphatic hydroxyl groups is 3. The van der Waals surface area contributed by atoms with Crippen LogP contribution in [0.4, 0.5) is 0 Å². The number of aliphatic hydroxyl groups excluding tert-OH is 2. The van der Waals surface area contributed by atoms with Crippen LogP contribution in [0.25, 0.3) is 0 Å². The molecule has 5 nitrogen and oxygen atoms in total. The largest absolute Gasteiger partial charge is 0.393 e. The van der Waals surface area contributed by atoms with E-state index in [-0.39, 0.29) is 41.5 Å². The van der Waals surface area contributed by atoms with E-state index in [4.69, 9.17) is 11.6 Å². The molecule has 0 heterocycles. The first-order chi connectivity index (χ1) is 15.6. The fourth-order valence-electron chi connectivity index (χ4n) is 8.06. The maximum atomic E-state index is 13.4. The summed E-state index contributed by atoms with van der Waals surface area (Å²) in [5, 5.41) is 31.4. The Morgan fingerprint density at radius 2 is 1.79 bits per heavy atom. The first-order valence-electron chi connectivity index (χ1n) is 12.3. The van der Waals surface area contributed by atoms with Crippen LogP contribution in [-0.4, -0.2) is 45.2 Å². The topological polar surface area (TPSA) is 94.8 Å². The van der Waals surface area contributed by atoms with E-state index in [9.17, 15) is 24.9 Å². The molecule has 4 aliphatic carbocycles. The van der Waals surface area contributed by atoms with Crippen molar-refractivity contribution in [2.75, 3.05) is 6.61 Å². The van der Waals surface area contributed by atoms with Crippen molar-refractivity contribution in [3.8, 4) is 0 Å². The van der Waals surface area contributed by atoms with Crippen LogP contribution in [0.1, 0.15) is 65.2 Å². The zero-order valence-corrected chi connectivity index (χ0v) is 20.4. The molecule has 1 aromatic rings. The standard InChI is InChI=1S/C21H32O5.C6H5Cl/c1-19-7-5-13(23)9-12(19)3-4-14-15-6-8-21(26,17(25)11-22)20(15,2)10-16(24)18(14)19;7-6-4-2-1-3-5-6/h12-15,18,22-23,26H,3-11H2,1-2H3;1-5H/t12-,13-,14+,15+,18-,19+,20+,21+;/m1./s1. The highest BCUT2D eigenvalue weighted by Crippen LogP contribution is 2.67. The Balaban J connectivity index is 0.000000318. The number of hydrogen-bond acceptors (Lipinski definition) is 5. The van der Waals surface area contributed by atoms with E-state index in [1.165, 1.54) is 0 Å². The molecule has 0 saturated heterocycles. The Bertz CT molecular complexity index is 890. The number of carbonyl (C=O) groups is 2. The maximum absolute atomic E-state index is 13.4. The van der Waals surface area contributed by atoms with Gasteiger partial charge < -0.3 is 15.3 Å². The third-order valence-electron chi connectivity index (χ3n) is 9.82. The summed E-state index contributed by atoms with van der Waals surface area (Å²) in [6, 6.07) is 9.44. The fraction of sp³-hybridized carbons (Fsp3) is 0.704. The zero-order chi connectivity index (χ0) is 24.0. The van der Waals surface area contributed by atoms with E-state index in [0.717, 1.165) is 43.5 Å². The summed E-state index contributed by atoms with van der Waals surface area (Å²) in [4.78, 5) is 25.7. The van der Waals surface area contributed by atoms with Crippen LogP contribution in [0.2, 0.25) is 5.02 Å². The van der Waals surface area contributed by atoms with Crippen molar-refractivity contribution in [2.24, 2.45) is 34.5 Å². The van der Waals surface area contributed by atoms with Crippen LogP contribution in [-0.2, 0) is 9.59 Å². The van der Waals surface area contributed by atoms with Gasteiger partial charge in [-0.2, -0.15) is 0 Å². The van der Waals surface area contributed by atoms with Crippen molar-refractivity contribution < 1.29 is 24.9 Å². The lowest BCUT2D eigenvalue weighted by Crippen LogP contribution is -2.62. The van der Waals surface area contributed by atoms with Gasteiger partial charge in [0.05, 0.1) is 6.10 Å². The zero-order valence-electron chi connectivity index (χ0n) is 19.7. The van der Waals surface area contributed by atoms with Crippen molar-refractivity contribution in [3.63, 3.8) is 0 Å². The van der Waals surface area contributed by atoms with Crippen molar-refractivity contribution in [1.29, 1.82) is 0 Å². The number of ketones is 2. The lowest BCUT2D eigenvalue weighted by molar-refractivity contribution is -0.180. The van der Waals surface area contributed by atoms with Crippen LogP contribution < -0.4 is 0 Å². The minimum Gasteiger partial charge on any atom is -0.393 e. The molecule has 4 aliphatic rings. The number of carbonyl (C=O) groups excluding carboxylic acids is 2. The van der Waals surface area contributed by atoms with E-state index in [2.05, 4.69) is 6.92 Å². The van der Waals surface area contributed by atoms with Gasteiger partial charge in [0.2, 0.25) is 0 Å². The summed E-state index contributed by atoms with van der Waals surface area (Å²) < 4.78 is 0. The number of halogens is 1. The van der Waals surface area contributed by atoms with Crippen LogP contribution in [0.3, 0.4) is 0 Å². The van der Waals surface area contributed by atoms with Crippen molar-refractivity contribution in [2.45, 2.75) is 76.9 Å². The van der Waals surface area contributed by atoms with Crippen molar-refractivity contribution in [1.82, 2.24) is 0 Å². The molecule has 0 radical (unpaired) electrons. The van der Waals surface area contributed by atoms with Gasteiger partial charge in [0, 0.05) is 22.8 Å². The number of Topliss-reactive ketones (excluding diaryl/α,β-unsaturated/α-hetero) is 2. The SMILES string of the molecule is C[C@]12CC[C@@H](O)C[C@H]1CC[C@@H]1[C@@H]2C(=O)C[C@@]2(C)[C@H]1CC[C@]2(O)C(=O)CO.Clc1ccccc1. The first kappa shape index (κ1) is 24.8. The second-order valence-corrected chi connectivity index (χ2v) is 11.7. The number of benzene rings is 1. The first-order valence-corrected chi connectivity index (χ1v) is 12.7. The van der Waals surface area contributed by atoms with Gasteiger partial charge in [-0.15, -0.1) is 0 Å². The van der Waals surface area contributed by atoms with Gasteiger partial charge in [-0.05, 0) is 80.2 Å². The van der Waals surface area contributed by atoms with Crippen LogP contribution >= 0.6 is 11.6 Å². The summed E-state index contributed by atoms with van der Waals surface area (Å²) in [6.07, 6.45) is 5.47. The molecule has 0 aromatic heterocycles. The highest BCUT2D eigenvalue weighted by Gasteiger charge is 2.68. The van der Waals surface area contributed by atoms with Gasteiger partial charge in [0.25, 0.3) is 0 Å². The molecule has 33 heavy (non-hydrogen) atoms. The second kappa shape index (κ2) is 9.07. The van der Waals surface area contributed by atoms with Gasteiger partial charge in [0.15, 0.2) is 5.78 Å². The van der Waals surface area contributed by atoms with Crippen LogP contribution in [0.5, 0.6) is 0 Å². The van der Waals surface area contributed by atoms with E-state index in [0.29, 0.717) is 12.3 Å². The molecule has 5 rings (SSSR count). The van der Waals surface area contributed by atoms with E-state index in [1.807, 2.05) is 37.3 Å². The summed E-state index contributed by atoms with van der Waals surface area (Å²) in [6.45, 7) is 3.46. The highest BCUT2D eigenvalue weighted by atomic mass is 35.5. The lowest BCUT2D eigenvalue weighted by Gasteiger charge is -2.60. The van der Waals surface area contributed by atoms with Gasteiger partial charge >= 0.3 is 0 Å². The molecular formula is C27H37ClO5.